The summed E-state index contributed by atoms with van der Waals surface area (Å²) in [7, 11) is 1.27. The molecule has 1 aliphatic heterocycles. The summed E-state index contributed by atoms with van der Waals surface area (Å²) in [4.78, 5) is 23.3. The molecule has 1 aliphatic rings. The number of nitrogens with zero attached hydrogens (tertiary/aromatic N) is 2. The van der Waals surface area contributed by atoms with Crippen LogP contribution in [-0.4, -0.2) is 49.4 Å². The second-order valence-electron chi connectivity index (χ2n) is 5.51. The van der Waals surface area contributed by atoms with E-state index in [4.69, 9.17) is 27.9 Å². The monoisotopic (exact) mass is 536 g/mol. The third-order valence-corrected chi connectivity index (χ3v) is 6.90. The second kappa shape index (κ2) is 9.86. The summed E-state index contributed by atoms with van der Waals surface area (Å²) < 4.78 is 11.2. The van der Waals surface area contributed by atoms with Gasteiger partial charge >= 0.3 is 170 Å². The number of alkyl carbamates (subject to hydrolysis) is 1. The quantitative estimate of drug-likeness (QED) is 0.555. The number of anilines is 2. The van der Waals surface area contributed by atoms with E-state index in [1.807, 2.05) is 0 Å². The Hall–Kier alpha value is -2.43. The maximum atomic E-state index is 12.1. The van der Waals surface area contributed by atoms with Gasteiger partial charge in [0.05, 0.1) is 0 Å². The Kier molecular flexibility index (Phi) is 7.24. The predicted octanol–water partition coefficient (Wildman–Crippen LogP) is 3.72. The zero-order valence-electron chi connectivity index (χ0n) is 14.9. The fourth-order valence-electron chi connectivity index (χ4n) is 2.15. The summed E-state index contributed by atoms with van der Waals surface area (Å²) in [6, 6.07) is 11.0. The van der Waals surface area contributed by atoms with Gasteiger partial charge in [-0.3, -0.25) is 0 Å². The van der Waals surface area contributed by atoms with Gasteiger partial charge in [-0.15, -0.1) is 0 Å². The number of ether oxygens (including phenoxy) is 2. The van der Waals surface area contributed by atoms with Crippen molar-refractivity contribution in [1.29, 1.82) is 0 Å². The van der Waals surface area contributed by atoms with Crippen LogP contribution in [0.2, 0.25) is 10.0 Å². The first-order chi connectivity index (χ1) is 13.9. The van der Waals surface area contributed by atoms with Crippen LogP contribution in [0.3, 0.4) is 0 Å². The van der Waals surface area contributed by atoms with Crippen molar-refractivity contribution in [2.24, 2.45) is 10.2 Å². The molecule has 12 heteroatoms. The third-order valence-electron chi connectivity index (χ3n) is 3.44. The average Bonchev–Trinajstić information content (AvgIpc) is 3.13. The van der Waals surface area contributed by atoms with Crippen LogP contribution < -0.4 is 20.7 Å². The van der Waals surface area contributed by atoms with E-state index >= 15 is 0 Å². The Bertz CT molecular complexity index is 998. The van der Waals surface area contributed by atoms with Crippen molar-refractivity contribution in [1.82, 2.24) is 5.32 Å². The van der Waals surface area contributed by atoms with E-state index in [2.05, 4.69) is 30.9 Å². The number of halogens is 2. The van der Waals surface area contributed by atoms with Crippen molar-refractivity contribution in [3.8, 4) is 5.75 Å². The molecule has 0 aromatic heterocycles. The number of nitrogens with one attached hydrogen (secondary N) is 3. The molecule has 3 amide bonds. The van der Waals surface area contributed by atoms with Crippen molar-refractivity contribution >= 4 is 76.9 Å². The average molecular weight is 537 g/mol. The molecule has 2 aromatic rings. The third kappa shape index (κ3) is 6.28. The van der Waals surface area contributed by atoms with Crippen molar-refractivity contribution in [3.05, 3.63) is 52.5 Å². The molecular formula is C17H13Cl2InN5O4. The normalized spacial score (nSPS) is 12.2. The van der Waals surface area contributed by atoms with Crippen LogP contribution in [0.4, 0.5) is 21.0 Å². The van der Waals surface area contributed by atoms with Crippen LogP contribution >= 0.6 is 23.2 Å². The summed E-state index contributed by atoms with van der Waals surface area (Å²) in [5, 5.41) is 16.5. The molecule has 9 nitrogen and oxygen atoms in total. The van der Waals surface area contributed by atoms with Gasteiger partial charge in [-0.05, 0) is 6.07 Å². The Morgan fingerprint density at radius 1 is 1.00 bits per heavy atom. The fourth-order valence-corrected chi connectivity index (χ4v) is 4.91. The van der Waals surface area contributed by atoms with E-state index < -0.39 is 35.0 Å². The predicted molar refractivity (Wildman–Crippen MR) is 112 cm³/mol. The van der Waals surface area contributed by atoms with E-state index in [1.165, 1.54) is 7.11 Å². The first kappa shape index (κ1) is 21.3. The zero-order chi connectivity index (χ0) is 20.8. The summed E-state index contributed by atoms with van der Waals surface area (Å²) in [6.07, 6.45) is -0.584. The molecule has 0 spiro atoms. The van der Waals surface area contributed by atoms with E-state index in [0.29, 0.717) is 34.4 Å². The Morgan fingerprint density at radius 3 is 2.48 bits per heavy atom. The molecule has 0 unspecified atom stereocenters. The molecule has 3 N–H and O–H groups in total. The second-order valence-corrected chi connectivity index (χ2v) is 10.2. The molecule has 1 radical (unpaired) electrons. The van der Waals surface area contributed by atoms with Crippen LogP contribution in [-0.2, 0) is 4.74 Å². The number of amides is 3. The van der Waals surface area contributed by atoms with Crippen LogP contribution in [0.25, 0.3) is 0 Å². The van der Waals surface area contributed by atoms with Crippen molar-refractivity contribution in [3.63, 3.8) is 0 Å². The Balaban J connectivity index is 1.51. The van der Waals surface area contributed by atoms with Gasteiger partial charge in [-0.2, -0.15) is 0 Å². The number of rotatable bonds is 3. The van der Waals surface area contributed by atoms with Gasteiger partial charge in [0.2, 0.25) is 0 Å². The zero-order valence-corrected chi connectivity index (χ0v) is 19.7. The summed E-state index contributed by atoms with van der Waals surface area (Å²) in [5.41, 5.74) is 0.950. The van der Waals surface area contributed by atoms with Crippen molar-refractivity contribution < 1.29 is 19.1 Å². The summed E-state index contributed by atoms with van der Waals surface area (Å²) in [6.45, 7) is 0. The van der Waals surface area contributed by atoms with Gasteiger partial charge in [0, 0.05) is 0 Å². The van der Waals surface area contributed by atoms with Gasteiger partial charge in [-0.25, -0.2) is 0 Å². The molecule has 0 atom stereocenters. The number of carbonyl (C=O) groups excluding carboxylic acids is 2. The first-order valence-corrected chi connectivity index (χ1v) is 12.1. The topological polar surface area (TPSA) is 113 Å². The van der Waals surface area contributed by atoms with Gasteiger partial charge in [0.15, 0.2) is 0 Å². The van der Waals surface area contributed by atoms with E-state index in [0.717, 1.165) is 0 Å². The standard InChI is InChI=1S/C17H13Cl2N5O4.In/c1-27-17(26)20-9-21-22-10-28-13-5-3-12(4-6-13)23-16(25)24-15-8-11(18)2-7-14(15)19;/h2-8H,1H3,(H,20,21,26)(H2,23,24,25);. The summed E-state index contributed by atoms with van der Waals surface area (Å²) >= 11 is 10.3. The molecule has 0 saturated carbocycles. The molecule has 0 bridgehead atoms. The van der Waals surface area contributed by atoms with Gasteiger partial charge in [0.25, 0.3) is 0 Å². The summed E-state index contributed by atoms with van der Waals surface area (Å²) in [5.74, 6) is 0.536. The van der Waals surface area contributed by atoms with Gasteiger partial charge in [-0.1, -0.05) is 11.6 Å². The molecule has 0 saturated heterocycles. The van der Waals surface area contributed by atoms with E-state index in [1.54, 1.807) is 42.5 Å². The maximum absolute atomic E-state index is 12.1. The number of hydrogen-bond donors (Lipinski definition) is 3. The molecule has 2 aromatic carbocycles. The molecule has 1 heterocycles. The number of urea groups is 1. The minimum absolute atomic E-state index is 0.375. The Morgan fingerprint density at radius 2 is 1.76 bits per heavy atom. The van der Waals surface area contributed by atoms with Crippen molar-refractivity contribution in [2.45, 2.75) is 0 Å². The van der Waals surface area contributed by atoms with Gasteiger partial charge < -0.3 is 0 Å². The van der Waals surface area contributed by atoms with Crippen molar-refractivity contribution in [2.75, 3.05) is 17.7 Å². The number of benzene rings is 2. The SMILES string of the molecule is COC(=O)N[C]1=NN=[C](Oc2ccc(NC(=O)Nc3cc(Cl)ccc3Cl)cc2)[In]1. The van der Waals surface area contributed by atoms with E-state index in [-0.39, 0.29) is 0 Å². The Labute approximate surface area is 186 Å². The molecule has 0 fully saturated rings. The molecular weight excluding hydrogens is 524 g/mol. The van der Waals surface area contributed by atoms with Crippen LogP contribution in [0.5, 0.6) is 5.75 Å². The first-order valence-electron chi connectivity index (χ1n) is 8.09. The molecule has 29 heavy (non-hydrogen) atoms. The van der Waals surface area contributed by atoms with Crippen LogP contribution in [0, 0.1) is 0 Å². The van der Waals surface area contributed by atoms with Crippen LogP contribution in [0.15, 0.2) is 52.7 Å². The minimum atomic E-state index is -1.63. The fraction of sp³-hybridized carbons (Fsp3) is 0.0588. The molecule has 147 valence electrons. The van der Waals surface area contributed by atoms with Gasteiger partial charge in [0.1, 0.15) is 0 Å². The van der Waals surface area contributed by atoms with E-state index in [9.17, 15) is 9.59 Å². The van der Waals surface area contributed by atoms with Crippen LogP contribution in [0.1, 0.15) is 0 Å². The molecule has 3 rings (SSSR count). The molecule has 0 aliphatic carbocycles. The number of amidine groups is 1. The number of methoxy groups -OCH3 is 1. The number of carbonyl (C=O) groups is 2. The number of hydrogen-bond acceptors (Lipinski definition) is 6.